The Bertz CT molecular complexity index is 438. The summed E-state index contributed by atoms with van der Waals surface area (Å²) in [6, 6.07) is 10.4. The monoisotopic (exact) mass is 336 g/mol. The molecule has 0 unspecified atom stereocenters. The van der Waals surface area contributed by atoms with Crippen molar-refractivity contribution in [3.05, 3.63) is 66.2 Å². The first-order valence-electron chi connectivity index (χ1n) is 7.04. The van der Waals surface area contributed by atoms with Crippen molar-refractivity contribution >= 4 is 19.4 Å². The van der Waals surface area contributed by atoms with Crippen LogP contribution in [0.25, 0.3) is 0 Å². The Hall–Kier alpha value is -1.08. The van der Waals surface area contributed by atoms with Crippen molar-refractivity contribution in [3.8, 4) is 0 Å². The maximum atomic E-state index is 11.0. The van der Waals surface area contributed by atoms with E-state index in [0.29, 0.717) is 12.8 Å². The van der Waals surface area contributed by atoms with Crippen LogP contribution in [0.1, 0.15) is 32.6 Å². The molecular weight excluding hydrogens is 311 g/mol. The molecule has 0 aromatic heterocycles. The molecule has 108 valence electrons. The van der Waals surface area contributed by atoms with Gasteiger partial charge in [-0.15, -0.1) is 0 Å². The van der Waals surface area contributed by atoms with Crippen LogP contribution in [-0.4, -0.2) is 25.7 Å². The van der Waals surface area contributed by atoms with E-state index in [1.807, 2.05) is 6.07 Å². The molecule has 1 aromatic rings. The zero-order valence-electron chi connectivity index (χ0n) is 12.2. The van der Waals surface area contributed by atoms with E-state index in [0.717, 1.165) is 17.3 Å². The van der Waals surface area contributed by atoms with Gasteiger partial charge in [0.05, 0.1) is 0 Å². The molecule has 0 heterocycles. The third kappa shape index (κ3) is 5.13. The van der Waals surface area contributed by atoms with Crippen LogP contribution in [0.15, 0.2) is 66.2 Å². The summed E-state index contributed by atoms with van der Waals surface area (Å²) in [4.78, 5) is 0. The van der Waals surface area contributed by atoms with Gasteiger partial charge in [-0.1, -0.05) is 0 Å². The molecule has 20 heavy (non-hydrogen) atoms. The van der Waals surface area contributed by atoms with E-state index in [1.54, 1.807) is 12.2 Å². The molecule has 0 radical (unpaired) electrons. The standard InChI is InChI=1S/C18H24OSe/c1-4-7-13-17(18(19,14-5-2)15-6-3)20-16-11-9-8-10-12-16/h5-6,8-13,19H,2-4,7,14-15H2,1H3/b17-13+. The Morgan fingerprint density at radius 3 is 2.30 bits per heavy atom. The summed E-state index contributed by atoms with van der Waals surface area (Å²) in [6.07, 6.45) is 9.04. The van der Waals surface area contributed by atoms with Gasteiger partial charge >= 0.3 is 129 Å². The van der Waals surface area contributed by atoms with E-state index in [4.69, 9.17) is 0 Å². The summed E-state index contributed by atoms with van der Waals surface area (Å²) in [6.45, 7) is 9.72. The SMILES string of the molecule is C=CCC(O)(CC=C)/C(=C\CCC)[Se]c1ccccc1. The summed E-state index contributed by atoms with van der Waals surface area (Å²) < 4.78 is 2.42. The second kappa shape index (κ2) is 8.97. The Kier molecular flexibility index (Phi) is 7.61. The Morgan fingerprint density at radius 1 is 1.20 bits per heavy atom. The average Bonchev–Trinajstić information content (AvgIpc) is 2.45. The number of benzene rings is 1. The van der Waals surface area contributed by atoms with Crippen LogP contribution in [0.5, 0.6) is 0 Å². The third-order valence-electron chi connectivity index (χ3n) is 3.01. The van der Waals surface area contributed by atoms with Crippen molar-refractivity contribution in [1.82, 2.24) is 0 Å². The molecule has 1 aromatic carbocycles. The van der Waals surface area contributed by atoms with Crippen LogP contribution in [-0.2, 0) is 0 Å². The molecule has 1 nitrogen and oxygen atoms in total. The molecule has 0 spiro atoms. The molecule has 0 saturated carbocycles. The first kappa shape index (κ1) is 17.0. The molecular formula is C18H24OSe. The zero-order valence-corrected chi connectivity index (χ0v) is 13.9. The average molecular weight is 335 g/mol. The van der Waals surface area contributed by atoms with E-state index in [2.05, 4.69) is 50.4 Å². The van der Waals surface area contributed by atoms with E-state index >= 15 is 0 Å². The number of unbranched alkanes of at least 4 members (excludes halogenated alkanes) is 1. The van der Waals surface area contributed by atoms with Crippen molar-refractivity contribution in [2.75, 3.05) is 0 Å². The van der Waals surface area contributed by atoms with Crippen molar-refractivity contribution < 1.29 is 5.11 Å². The number of rotatable bonds is 9. The molecule has 0 saturated heterocycles. The Labute approximate surface area is 129 Å². The quantitative estimate of drug-likeness (QED) is 0.540. The zero-order chi connectivity index (χ0) is 14.8. The van der Waals surface area contributed by atoms with Crippen LogP contribution < -0.4 is 4.46 Å². The van der Waals surface area contributed by atoms with Gasteiger partial charge in [0.1, 0.15) is 0 Å². The minimum absolute atomic E-state index is 0.136. The van der Waals surface area contributed by atoms with Gasteiger partial charge in [0, 0.05) is 0 Å². The van der Waals surface area contributed by atoms with Gasteiger partial charge in [-0.2, -0.15) is 0 Å². The fraction of sp³-hybridized carbons (Fsp3) is 0.333. The minimum atomic E-state index is -0.825. The van der Waals surface area contributed by atoms with E-state index in [9.17, 15) is 5.11 Å². The van der Waals surface area contributed by atoms with Gasteiger partial charge in [0.15, 0.2) is 0 Å². The van der Waals surface area contributed by atoms with E-state index in [-0.39, 0.29) is 15.0 Å². The Morgan fingerprint density at radius 2 is 1.80 bits per heavy atom. The Balaban J connectivity index is 3.03. The molecule has 0 aliphatic rings. The van der Waals surface area contributed by atoms with Gasteiger partial charge in [-0.3, -0.25) is 0 Å². The summed E-state index contributed by atoms with van der Waals surface area (Å²) >= 11 is 0.136. The molecule has 1 N–H and O–H groups in total. The van der Waals surface area contributed by atoms with E-state index < -0.39 is 5.60 Å². The van der Waals surface area contributed by atoms with Crippen molar-refractivity contribution in [3.63, 3.8) is 0 Å². The molecule has 1 rings (SSSR count). The van der Waals surface area contributed by atoms with Crippen LogP contribution >= 0.6 is 0 Å². The summed E-state index contributed by atoms with van der Waals surface area (Å²) in [7, 11) is 0. The number of allylic oxidation sites excluding steroid dienone is 1. The van der Waals surface area contributed by atoms with Crippen LogP contribution in [0.3, 0.4) is 0 Å². The third-order valence-corrected chi connectivity index (χ3v) is 5.69. The maximum absolute atomic E-state index is 11.0. The van der Waals surface area contributed by atoms with Crippen LogP contribution in [0, 0.1) is 0 Å². The normalized spacial score (nSPS) is 12.2. The molecule has 0 bridgehead atoms. The first-order chi connectivity index (χ1) is 9.66. The van der Waals surface area contributed by atoms with Gasteiger partial charge in [0.2, 0.25) is 0 Å². The van der Waals surface area contributed by atoms with Gasteiger partial charge in [0.25, 0.3) is 0 Å². The van der Waals surface area contributed by atoms with Crippen LogP contribution in [0.4, 0.5) is 0 Å². The summed E-state index contributed by atoms with van der Waals surface area (Å²) in [5, 5.41) is 11.0. The first-order valence-corrected chi connectivity index (χ1v) is 8.75. The summed E-state index contributed by atoms with van der Waals surface area (Å²) in [5.74, 6) is 0. The van der Waals surface area contributed by atoms with Crippen molar-refractivity contribution in [2.24, 2.45) is 0 Å². The topological polar surface area (TPSA) is 20.2 Å². The molecule has 0 atom stereocenters. The predicted molar refractivity (Wildman–Crippen MR) is 89.4 cm³/mol. The van der Waals surface area contributed by atoms with Crippen LogP contribution in [0.2, 0.25) is 0 Å². The van der Waals surface area contributed by atoms with Gasteiger partial charge in [-0.25, -0.2) is 0 Å². The molecule has 0 fully saturated rings. The van der Waals surface area contributed by atoms with E-state index in [1.165, 1.54) is 4.46 Å². The summed E-state index contributed by atoms with van der Waals surface area (Å²) in [5.41, 5.74) is -0.825. The number of aliphatic hydroxyl groups is 1. The molecule has 0 amide bonds. The van der Waals surface area contributed by atoms with Crippen molar-refractivity contribution in [2.45, 2.75) is 38.2 Å². The number of hydrogen-bond acceptors (Lipinski definition) is 1. The van der Waals surface area contributed by atoms with Crippen molar-refractivity contribution in [1.29, 1.82) is 0 Å². The second-order valence-corrected chi connectivity index (χ2v) is 7.13. The van der Waals surface area contributed by atoms with Gasteiger partial charge < -0.3 is 0 Å². The fourth-order valence-electron chi connectivity index (χ4n) is 1.98. The fourth-order valence-corrected chi connectivity index (χ4v) is 4.30. The second-order valence-electron chi connectivity index (χ2n) is 4.79. The molecule has 0 aliphatic heterocycles. The number of hydrogen-bond donors (Lipinski definition) is 1. The molecule has 0 aliphatic carbocycles. The molecule has 2 heteroatoms. The predicted octanol–water partition coefficient (Wildman–Crippen LogP) is 3.58. The van der Waals surface area contributed by atoms with Gasteiger partial charge in [-0.05, 0) is 0 Å².